The van der Waals surface area contributed by atoms with Crippen LogP contribution in [0.1, 0.15) is 34.3 Å². The molecule has 3 aromatic carbocycles. The van der Waals surface area contributed by atoms with Gasteiger partial charge in [0.25, 0.3) is 11.8 Å². The van der Waals surface area contributed by atoms with Gasteiger partial charge in [0, 0.05) is 25.7 Å². The number of carbonyl (C=O) groups excluding carboxylic acids is 1. The summed E-state index contributed by atoms with van der Waals surface area (Å²) in [5.74, 6) is -4.64. The van der Waals surface area contributed by atoms with Gasteiger partial charge in [-0.25, -0.2) is 9.59 Å². The number of nitrogens with two attached hydrogens (primary N) is 2. The molecule has 2 heterocycles. The fraction of sp³-hybridized carbons (Fsp3) is 0.219. The molecule has 1 aliphatic heterocycles. The predicted octanol–water partition coefficient (Wildman–Crippen LogP) is 5.71. The zero-order valence-corrected chi connectivity index (χ0v) is 23.8. The number of rotatable bonds is 9. The number of carboxylic acids is 1. The van der Waals surface area contributed by atoms with E-state index in [2.05, 4.69) is 10.3 Å². The average Bonchev–Trinajstić information content (AvgIpc) is 3.00. The van der Waals surface area contributed by atoms with Crippen LogP contribution in [0.25, 0.3) is 11.1 Å². The number of primary amides is 1. The number of amides is 2. The molecule has 0 unspecified atom stereocenters. The molecule has 1 fully saturated rings. The lowest BCUT2D eigenvalue weighted by Gasteiger charge is -2.34. The Bertz CT molecular complexity index is 1710. The first-order valence-electron chi connectivity index (χ1n) is 13.9. The van der Waals surface area contributed by atoms with E-state index in [0.717, 1.165) is 16.7 Å². The molecule has 0 spiro atoms. The fourth-order valence-corrected chi connectivity index (χ4v) is 5.07. The first kappa shape index (κ1) is 30.2. The summed E-state index contributed by atoms with van der Waals surface area (Å²) in [6, 6.07) is 17.9. The van der Waals surface area contributed by atoms with E-state index in [1.807, 2.05) is 30.3 Å². The average molecular weight is 604 g/mol. The van der Waals surface area contributed by atoms with Crippen molar-refractivity contribution in [1.29, 1.82) is 0 Å². The van der Waals surface area contributed by atoms with E-state index in [1.54, 1.807) is 31.2 Å². The number of piperidine rings is 1. The van der Waals surface area contributed by atoms with Crippen LogP contribution in [-0.4, -0.2) is 41.2 Å². The van der Waals surface area contributed by atoms with Crippen LogP contribution in [0.3, 0.4) is 0 Å². The Labute approximate surface area is 252 Å². The van der Waals surface area contributed by atoms with Gasteiger partial charge in [-0.1, -0.05) is 36.4 Å². The molecule has 228 valence electrons. The number of anilines is 1. The Morgan fingerprint density at radius 1 is 0.977 bits per heavy atom. The van der Waals surface area contributed by atoms with E-state index in [9.17, 15) is 14.7 Å². The quantitative estimate of drug-likeness (QED) is 0.190. The lowest BCUT2D eigenvalue weighted by Crippen LogP contribution is -2.46. The number of halogens is 2. The second-order valence-electron chi connectivity index (χ2n) is 10.4. The lowest BCUT2D eigenvalue weighted by molar-refractivity contribution is 0.0694. The van der Waals surface area contributed by atoms with Gasteiger partial charge >= 0.3 is 12.0 Å². The van der Waals surface area contributed by atoms with Gasteiger partial charge in [0.1, 0.15) is 22.7 Å². The van der Waals surface area contributed by atoms with Gasteiger partial charge in [-0.15, -0.1) is 0 Å². The van der Waals surface area contributed by atoms with Crippen LogP contribution in [0.4, 0.5) is 19.3 Å². The smallest absolute Gasteiger partial charge is 0.339 e. The number of aryl methyl sites for hydroxylation is 1. The SMILES string of the molecule is Cc1ccc(C(=O)O)c(Oc2nc(Oc3cccc(-c4cccc(CN)c4)c3)c(F)c(N3CCC(NC(N)=O)CC3)c2F)c1. The minimum absolute atomic E-state index is 0.168. The Balaban J connectivity index is 1.55. The van der Waals surface area contributed by atoms with Crippen molar-refractivity contribution in [2.45, 2.75) is 32.4 Å². The molecular formula is C32H31F2N5O5. The van der Waals surface area contributed by atoms with Crippen molar-refractivity contribution < 1.29 is 33.0 Å². The van der Waals surface area contributed by atoms with Crippen molar-refractivity contribution in [2.24, 2.45) is 11.5 Å². The summed E-state index contributed by atoms with van der Waals surface area (Å²) in [5.41, 5.74) is 13.6. The van der Waals surface area contributed by atoms with Gasteiger partial charge in [0.2, 0.25) is 11.6 Å². The van der Waals surface area contributed by atoms with E-state index in [1.165, 1.54) is 17.0 Å². The summed E-state index contributed by atoms with van der Waals surface area (Å²) < 4.78 is 43.8. The Kier molecular flexibility index (Phi) is 8.91. The second-order valence-corrected chi connectivity index (χ2v) is 10.4. The van der Waals surface area contributed by atoms with E-state index >= 15 is 8.78 Å². The number of carbonyl (C=O) groups is 2. The molecule has 1 saturated heterocycles. The van der Waals surface area contributed by atoms with Crippen LogP contribution in [0.5, 0.6) is 23.3 Å². The second kappa shape index (κ2) is 13.0. The van der Waals surface area contributed by atoms with E-state index in [0.29, 0.717) is 24.9 Å². The summed E-state index contributed by atoms with van der Waals surface area (Å²) >= 11 is 0. The number of nitrogens with zero attached hydrogens (tertiary/aromatic N) is 2. The maximum Gasteiger partial charge on any atom is 0.339 e. The number of nitrogens with one attached hydrogen (secondary N) is 1. The summed E-state index contributed by atoms with van der Waals surface area (Å²) in [5, 5.41) is 12.3. The topological polar surface area (TPSA) is 153 Å². The van der Waals surface area contributed by atoms with Crippen LogP contribution >= 0.6 is 0 Å². The number of hydrogen-bond donors (Lipinski definition) is 4. The minimum atomic E-state index is -1.29. The van der Waals surface area contributed by atoms with Crippen LogP contribution < -0.4 is 31.2 Å². The normalized spacial score (nSPS) is 13.4. The molecule has 1 aromatic heterocycles. The third kappa shape index (κ3) is 6.70. The zero-order valence-electron chi connectivity index (χ0n) is 23.8. The molecule has 0 bridgehead atoms. The van der Waals surface area contributed by atoms with Crippen molar-refractivity contribution >= 4 is 17.7 Å². The number of carboxylic acid groups (broad SMARTS) is 1. The first-order valence-corrected chi connectivity index (χ1v) is 13.9. The fourth-order valence-electron chi connectivity index (χ4n) is 5.07. The molecule has 6 N–H and O–H groups in total. The number of hydrogen-bond acceptors (Lipinski definition) is 7. The molecule has 10 nitrogen and oxygen atoms in total. The highest BCUT2D eigenvalue weighted by molar-refractivity contribution is 5.91. The maximum atomic E-state index is 16.1. The molecule has 0 radical (unpaired) electrons. The van der Waals surface area contributed by atoms with E-state index in [-0.39, 0.29) is 36.2 Å². The third-order valence-corrected chi connectivity index (χ3v) is 7.27. The molecule has 1 aliphatic rings. The Hall–Kier alpha value is -5.23. The number of aromatic carboxylic acids is 1. The molecule has 0 aliphatic carbocycles. The summed E-state index contributed by atoms with van der Waals surface area (Å²) in [7, 11) is 0. The van der Waals surface area contributed by atoms with E-state index in [4.69, 9.17) is 20.9 Å². The van der Waals surface area contributed by atoms with Gasteiger partial charge in [0.05, 0.1) is 0 Å². The van der Waals surface area contributed by atoms with Crippen molar-refractivity contribution in [3.05, 3.63) is 95.1 Å². The standard InChI is InChI=1S/C32H31F2N5O5/c1-18-8-9-24(31(40)41)25(14-18)44-30-27(34)28(39-12-10-22(11-13-39)37-32(36)42)26(33)29(38-30)43-23-7-3-6-21(16-23)20-5-2-4-19(15-20)17-35/h2-9,14-16,22H,10-13,17,35H2,1H3,(H,40,41)(H3,36,37,42). The number of aromatic nitrogens is 1. The summed E-state index contributed by atoms with van der Waals surface area (Å²) in [6.07, 6.45) is 0.753. The van der Waals surface area contributed by atoms with Gasteiger partial charge in [-0.05, 0) is 72.4 Å². The highest BCUT2D eigenvalue weighted by Crippen LogP contribution is 2.40. The third-order valence-electron chi connectivity index (χ3n) is 7.27. The largest absolute Gasteiger partial charge is 0.478 e. The van der Waals surface area contributed by atoms with Crippen molar-refractivity contribution in [3.8, 4) is 34.4 Å². The number of urea groups is 1. The molecule has 5 rings (SSSR count). The Morgan fingerprint density at radius 2 is 1.64 bits per heavy atom. The number of pyridine rings is 1. The molecule has 4 aromatic rings. The van der Waals surface area contributed by atoms with Gasteiger partial charge in [-0.3, -0.25) is 0 Å². The van der Waals surface area contributed by atoms with Crippen LogP contribution in [-0.2, 0) is 6.54 Å². The van der Waals surface area contributed by atoms with Crippen LogP contribution in [0.2, 0.25) is 0 Å². The first-order chi connectivity index (χ1) is 21.1. The number of benzene rings is 3. The highest BCUT2D eigenvalue weighted by atomic mass is 19.1. The van der Waals surface area contributed by atoms with Crippen molar-refractivity contribution in [1.82, 2.24) is 10.3 Å². The van der Waals surface area contributed by atoms with Gasteiger partial charge in [-0.2, -0.15) is 13.8 Å². The number of ether oxygens (including phenoxy) is 2. The molecular weight excluding hydrogens is 572 g/mol. The lowest BCUT2D eigenvalue weighted by atomic mass is 10.0. The summed E-state index contributed by atoms with van der Waals surface area (Å²) in [4.78, 5) is 28.6. The van der Waals surface area contributed by atoms with Gasteiger partial charge in [0.15, 0.2) is 0 Å². The maximum absolute atomic E-state index is 16.1. The molecule has 2 amide bonds. The molecule has 0 saturated carbocycles. The van der Waals surface area contributed by atoms with Crippen molar-refractivity contribution in [2.75, 3.05) is 18.0 Å². The summed E-state index contributed by atoms with van der Waals surface area (Å²) in [6.45, 7) is 2.44. The van der Waals surface area contributed by atoms with E-state index < -0.39 is 41.1 Å². The van der Waals surface area contributed by atoms with Crippen LogP contribution in [0, 0.1) is 18.6 Å². The van der Waals surface area contributed by atoms with Crippen LogP contribution in [0.15, 0.2) is 66.7 Å². The minimum Gasteiger partial charge on any atom is -0.478 e. The molecule has 12 heteroatoms. The van der Waals surface area contributed by atoms with Gasteiger partial charge < -0.3 is 36.3 Å². The highest BCUT2D eigenvalue weighted by Gasteiger charge is 2.31. The molecule has 44 heavy (non-hydrogen) atoms. The monoisotopic (exact) mass is 603 g/mol. The Morgan fingerprint density at radius 3 is 2.30 bits per heavy atom. The van der Waals surface area contributed by atoms with Crippen molar-refractivity contribution in [3.63, 3.8) is 0 Å². The predicted molar refractivity (Wildman–Crippen MR) is 160 cm³/mol. The molecule has 0 atom stereocenters. The zero-order chi connectivity index (χ0) is 31.4.